The van der Waals surface area contributed by atoms with E-state index in [1.165, 1.54) is 0 Å². The molecular formula is C20H15N3O3. The van der Waals surface area contributed by atoms with Crippen molar-refractivity contribution < 1.29 is 9.59 Å². The first-order chi connectivity index (χ1) is 12.6. The van der Waals surface area contributed by atoms with E-state index in [4.69, 9.17) is 4.98 Å². The van der Waals surface area contributed by atoms with Gasteiger partial charge in [-0.3, -0.25) is 24.3 Å². The second-order valence-electron chi connectivity index (χ2n) is 6.78. The molecule has 0 spiro atoms. The fourth-order valence-corrected chi connectivity index (χ4v) is 4.11. The van der Waals surface area contributed by atoms with Gasteiger partial charge in [0.2, 0.25) is 11.8 Å². The van der Waals surface area contributed by atoms with Gasteiger partial charge < -0.3 is 0 Å². The van der Waals surface area contributed by atoms with Crippen LogP contribution in [0.4, 0.5) is 0 Å². The molecule has 26 heavy (non-hydrogen) atoms. The van der Waals surface area contributed by atoms with E-state index < -0.39 is 11.8 Å². The molecule has 2 aliphatic rings. The lowest BCUT2D eigenvalue weighted by atomic mass is 9.79. The monoisotopic (exact) mass is 345 g/mol. The van der Waals surface area contributed by atoms with Gasteiger partial charge in [-0.25, -0.2) is 4.98 Å². The number of hydrogen-bond donors (Lipinski definition) is 1. The van der Waals surface area contributed by atoms with Gasteiger partial charge in [0.25, 0.3) is 5.56 Å². The fourth-order valence-electron chi connectivity index (χ4n) is 4.11. The highest BCUT2D eigenvalue weighted by molar-refractivity contribution is 6.04. The molecule has 3 heterocycles. The van der Waals surface area contributed by atoms with Crippen molar-refractivity contribution in [3.8, 4) is 0 Å². The Bertz CT molecular complexity index is 1150. The number of hydrogen-bond acceptors (Lipinski definition) is 4. The van der Waals surface area contributed by atoms with Crippen LogP contribution >= 0.6 is 0 Å². The third kappa shape index (κ3) is 2.05. The van der Waals surface area contributed by atoms with Crippen molar-refractivity contribution in [2.24, 2.45) is 5.92 Å². The van der Waals surface area contributed by atoms with Gasteiger partial charge in [-0.2, -0.15) is 0 Å². The second kappa shape index (κ2) is 5.36. The Balaban J connectivity index is 1.81. The van der Waals surface area contributed by atoms with Crippen LogP contribution in [0, 0.1) is 5.92 Å². The summed E-state index contributed by atoms with van der Waals surface area (Å²) in [5.41, 5.74) is 2.44. The first-order valence-corrected chi connectivity index (χ1v) is 8.54. The summed E-state index contributed by atoms with van der Waals surface area (Å²) in [4.78, 5) is 42.0. The smallest absolute Gasteiger partial charge is 0.261 e. The molecular weight excluding hydrogens is 330 g/mol. The van der Waals surface area contributed by atoms with Gasteiger partial charge in [0, 0.05) is 6.42 Å². The zero-order chi connectivity index (χ0) is 17.8. The number of carbonyl (C=O) groups is 2. The molecule has 128 valence electrons. The molecule has 0 bridgehead atoms. The zero-order valence-corrected chi connectivity index (χ0v) is 13.8. The molecule has 1 aromatic heterocycles. The maximum atomic E-state index is 13.0. The summed E-state index contributed by atoms with van der Waals surface area (Å²) in [5.74, 6) is -0.988. The van der Waals surface area contributed by atoms with E-state index in [0.717, 1.165) is 11.1 Å². The predicted octanol–water partition coefficient (Wildman–Crippen LogP) is 1.55. The van der Waals surface area contributed by atoms with E-state index in [1.54, 1.807) is 16.7 Å². The number of amides is 2. The maximum Gasteiger partial charge on any atom is 0.261 e. The van der Waals surface area contributed by atoms with Gasteiger partial charge in [0.1, 0.15) is 5.82 Å². The van der Waals surface area contributed by atoms with Crippen LogP contribution in [0.1, 0.15) is 29.3 Å². The summed E-state index contributed by atoms with van der Waals surface area (Å²) >= 11 is 0. The third-order valence-corrected chi connectivity index (χ3v) is 5.30. The van der Waals surface area contributed by atoms with Crippen LogP contribution in [0.25, 0.3) is 10.9 Å². The highest BCUT2D eigenvalue weighted by Gasteiger charge is 2.42. The van der Waals surface area contributed by atoms with Crippen molar-refractivity contribution in [1.82, 2.24) is 14.9 Å². The molecule has 3 aromatic rings. The van der Waals surface area contributed by atoms with Crippen molar-refractivity contribution in [2.75, 3.05) is 0 Å². The topological polar surface area (TPSA) is 81.1 Å². The molecule has 1 N–H and O–H groups in total. The summed E-state index contributed by atoms with van der Waals surface area (Å²) < 4.78 is 1.64. The molecule has 2 aliphatic heterocycles. The number of benzene rings is 2. The van der Waals surface area contributed by atoms with Gasteiger partial charge in [0.15, 0.2) is 0 Å². The Labute approximate surface area is 148 Å². The Kier molecular flexibility index (Phi) is 3.09. The Morgan fingerprint density at radius 2 is 1.77 bits per heavy atom. The molecule has 6 nitrogen and oxygen atoms in total. The summed E-state index contributed by atoms with van der Waals surface area (Å²) in [5, 5.41) is 2.94. The van der Waals surface area contributed by atoms with Gasteiger partial charge in [-0.1, -0.05) is 36.4 Å². The van der Waals surface area contributed by atoms with Crippen molar-refractivity contribution in [1.29, 1.82) is 0 Å². The third-order valence-electron chi connectivity index (χ3n) is 5.30. The van der Waals surface area contributed by atoms with Crippen LogP contribution in [0.2, 0.25) is 0 Å². The number of aromatic nitrogens is 2. The fraction of sp³-hybridized carbons (Fsp3) is 0.200. The molecule has 2 atom stereocenters. The number of nitrogens with zero attached hydrogens (tertiary/aromatic N) is 2. The first kappa shape index (κ1) is 15.0. The van der Waals surface area contributed by atoms with Crippen LogP contribution < -0.4 is 10.9 Å². The average Bonchev–Trinajstić information content (AvgIpc) is 2.98. The normalized spacial score (nSPS) is 21.4. The van der Waals surface area contributed by atoms with Crippen molar-refractivity contribution in [3.05, 3.63) is 75.8 Å². The summed E-state index contributed by atoms with van der Waals surface area (Å²) in [6, 6.07) is 15.0. The number of fused-ring (bicyclic) bond motifs is 3. The van der Waals surface area contributed by atoms with Crippen LogP contribution in [0.15, 0.2) is 53.3 Å². The van der Waals surface area contributed by atoms with Crippen LogP contribution in [-0.4, -0.2) is 21.4 Å². The lowest BCUT2D eigenvalue weighted by molar-refractivity contribution is -0.126. The molecule has 0 aliphatic carbocycles. The molecule has 1 fully saturated rings. The van der Waals surface area contributed by atoms with Gasteiger partial charge in [-0.05, 0) is 23.3 Å². The molecule has 1 saturated heterocycles. The number of para-hydroxylation sites is 1. The Morgan fingerprint density at radius 1 is 1.00 bits per heavy atom. The van der Waals surface area contributed by atoms with E-state index >= 15 is 0 Å². The lowest BCUT2D eigenvalue weighted by Gasteiger charge is -2.31. The van der Waals surface area contributed by atoms with Crippen LogP contribution in [-0.2, 0) is 16.1 Å². The molecule has 6 heteroatoms. The van der Waals surface area contributed by atoms with E-state index in [9.17, 15) is 14.4 Å². The van der Waals surface area contributed by atoms with Crippen LogP contribution in [0.5, 0.6) is 0 Å². The Hall–Kier alpha value is -3.28. The molecule has 2 amide bonds. The molecule has 2 unspecified atom stereocenters. The SMILES string of the molecule is O=C1CC(C2c3ccccc3Cn3c2nc2ccccc2c3=O)C(=O)N1. The van der Waals surface area contributed by atoms with Crippen molar-refractivity contribution in [2.45, 2.75) is 18.9 Å². The quantitative estimate of drug-likeness (QED) is 0.679. The standard InChI is InChI=1S/C20H15N3O3/c24-16-9-14(19(25)22-16)17-12-6-2-1-5-11(12)10-23-18(17)21-15-8-4-3-7-13(15)20(23)26/h1-8,14,17H,9-10H2,(H,22,24,25). The minimum absolute atomic E-state index is 0.112. The average molecular weight is 345 g/mol. The highest BCUT2D eigenvalue weighted by Crippen LogP contribution is 2.40. The first-order valence-electron chi connectivity index (χ1n) is 8.54. The van der Waals surface area contributed by atoms with E-state index in [0.29, 0.717) is 23.3 Å². The lowest BCUT2D eigenvalue weighted by Crippen LogP contribution is -2.36. The number of imide groups is 1. The van der Waals surface area contributed by atoms with Gasteiger partial charge in [0.05, 0.1) is 29.3 Å². The van der Waals surface area contributed by atoms with Gasteiger partial charge in [-0.15, -0.1) is 0 Å². The molecule has 2 aromatic carbocycles. The summed E-state index contributed by atoms with van der Waals surface area (Å²) in [6.07, 6.45) is 0.112. The number of nitrogens with one attached hydrogen (secondary N) is 1. The maximum absolute atomic E-state index is 13.0. The Morgan fingerprint density at radius 3 is 2.58 bits per heavy atom. The van der Waals surface area contributed by atoms with Gasteiger partial charge >= 0.3 is 0 Å². The summed E-state index contributed by atoms with van der Waals surface area (Å²) in [6.45, 7) is 0.418. The van der Waals surface area contributed by atoms with E-state index in [1.807, 2.05) is 36.4 Å². The largest absolute Gasteiger partial charge is 0.296 e. The van der Waals surface area contributed by atoms with Crippen LogP contribution in [0.3, 0.4) is 0 Å². The zero-order valence-electron chi connectivity index (χ0n) is 13.8. The number of rotatable bonds is 1. The summed E-state index contributed by atoms with van der Waals surface area (Å²) in [7, 11) is 0. The molecule has 0 saturated carbocycles. The second-order valence-corrected chi connectivity index (χ2v) is 6.78. The molecule has 0 radical (unpaired) electrons. The van der Waals surface area contributed by atoms with E-state index in [-0.39, 0.29) is 23.8 Å². The van der Waals surface area contributed by atoms with Crippen molar-refractivity contribution in [3.63, 3.8) is 0 Å². The minimum atomic E-state index is -0.553. The minimum Gasteiger partial charge on any atom is -0.296 e. The van der Waals surface area contributed by atoms with Crippen molar-refractivity contribution >= 4 is 22.7 Å². The molecule has 5 rings (SSSR count). The number of carbonyl (C=O) groups excluding carboxylic acids is 2. The predicted molar refractivity (Wildman–Crippen MR) is 94.6 cm³/mol. The van der Waals surface area contributed by atoms with E-state index in [2.05, 4.69) is 5.32 Å². The highest BCUT2D eigenvalue weighted by atomic mass is 16.2.